The van der Waals surface area contributed by atoms with Crippen molar-refractivity contribution in [1.29, 1.82) is 0 Å². The van der Waals surface area contributed by atoms with Gasteiger partial charge in [-0.2, -0.15) is 5.10 Å². The number of aryl methyl sites for hydroxylation is 3. The van der Waals surface area contributed by atoms with E-state index in [0.717, 1.165) is 22.6 Å². The number of hydrogen-bond acceptors (Lipinski definition) is 4. The second-order valence-electron chi connectivity index (χ2n) is 4.88. The number of pyridine rings is 1. The van der Waals surface area contributed by atoms with Gasteiger partial charge in [0.25, 0.3) is 0 Å². The number of aromatic nitrogens is 3. The van der Waals surface area contributed by atoms with E-state index >= 15 is 0 Å². The number of anilines is 1. The van der Waals surface area contributed by atoms with E-state index in [9.17, 15) is 9.90 Å². The Kier molecular flexibility index (Phi) is 3.74. The number of nitrogens with zero attached hydrogens (tertiary/aromatic N) is 2. The molecule has 2 rings (SSSR count). The standard InChI is InChI=1S/C14H18N4O2/c1-7-5-6-11(19)13(15-7)16-14(20)8(2)12-9(3)17-18-10(12)4/h5-6,8,19H,1-4H3,(H,17,18)(H,15,16,20)/t8-/m0/s1. The first-order valence-corrected chi connectivity index (χ1v) is 6.39. The van der Waals surface area contributed by atoms with E-state index in [-0.39, 0.29) is 23.4 Å². The number of amides is 1. The summed E-state index contributed by atoms with van der Waals surface area (Å²) in [4.78, 5) is 16.4. The van der Waals surface area contributed by atoms with Gasteiger partial charge in [-0.05, 0) is 39.8 Å². The van der Waals surface area contributed by atoms with Crippen molar-refractivity contribution >= 4 is 11.7 Å². The van der Waals surface area contributed by atoms with Crippen molar-refractivity contribution in [2.75, 3.05) is 5.32 Å². The van der Waals surface area contributed by atoms with Crippen LogP contribution in [0.2, 0.25) is 0 Å². The second-order valence-corrected chi connectivity index (χ2v) is 4.88. The molecule has 2 aromatic rings. The highest BCUT2D eigenvalue weighted by atomic mass is 16.3. The Bertz CT molecular complexity index is 629. The van der Waals surface area contributed by atoms with Crippen LogP contribution in [0.25, 0.3) is 0 Å². The van der Waals surface area contributed by atoms with Crippen molar-refractivity contribution in [1.82, 2.24) is 15.2 Å². The van der Waals surface area contributed by atoms with Crippen LogP contribution in [0, 0.1) is 20.8 Å². The summed E-state index contributed by atoms with van der Waals surface area (Å²) in [7, 11) is 0. The molecule has 20 heavy (non-hydrogen) atoms. The predicted octanol–water partition coefficient (Wildman–Crippen LogP) is 2.18. The molecule has 0 aliphatic rings. The molecule has 0 aromatic carbocycles. The highest BCUT2D eigenvalue weighted by Gasteiger charge is 2.22. The molecule has 3 N–H and O–H groups in total. The third-order valence-electron chi connectivity index (χ3n) is 3.27. The monoisotopic (exact) mass is 274 g/mol. The number of rotatable bonds is 3. The molecule has 0 radical (unpaired) electrons. The molecule has 1 atom stereocenters. The lowest BCUT2D eigenvalue weighted by Crippen LogP contribution is -2.20. The van der Waals surface area contributed by atoms with Gasteiger partial charge in [-0.25, -0.2) is 4.98 Å². The summed E-state index contributed by atoms with van der Waals surface area (Å²) in [5.74, 6) is -0.473. The molecule has 6 heteroatoms. The highest BCUT2D eigenvalue weighted by molar-refractivity contribution is 5.96. The van der Waals surface area contributed by atoms with Crippen molar-refractivity contribution in [2.45, 2.75) is 33.6 Å². The zero-order valence-electron chi connectivity index (χ0n) is 12.0. The lowest BCUT2D eigenvalue weighted by Gasteiger charge is -2.13. The number of hydrogen-bond donors (Lipinski definition) is 3. The van der Waals surface area contributed by atoms with Crippen LogP contribution in [0.4, 0.5) is 5.82 Å². The van der Waals surface area contributed by atoms with Crippen molar-refractivity contribution in [2.24, 2.45) is 0 Å². The van der Waals surface area contributed by atoms with E-state index in [4.69, 9.17) is 0 Å². The van der Waals surface area contributed by atoms with Gasteiger partial charge < -0.3 is 10.4 Å². The topological polar surface area (TPSA) is 90.9 Å². The minimum Gasteiger partial charge on any atom is -0.504 e. The molecule has 0 aliphatic heterocycles. The smallest absolute Gasteiger partial charge is 0.233 e. The maximum Gasteiger partial charge on any atom is 0.233 e. The molecule has 1 amide bonds. The van der Waals surface area contributed by atoms with Crippen molar-refractivity contribution < 1.29 is 9.90 Å². The Balaban J connectivity index is 2.22. The van der Waals surface area contributed by atoms with Gasteiger partial charge in [-0.1, -0.05) is 0 Å². The molecule has 2 heterocycles. The van der Waals surface area contributed by atoms with Gasteiger partial charge in [0.2, 0.25) is 5.91 Å². The van der Waals surface area contributed by atoms with Crippen LogP contribution in [0.3, 0.4) is 0 Å². The Hall–Kier alpha value is -2.37. The fraction of sp³-hybridized carbons (Fsp3) is 0.357. The Labute approximate surface area is 117 Å². The molecule has 0 fully saturated rings. The highest BCUT2D eigenvalue weighted by Crippen LogP contribution is 2.25. The largest absolute Gasteiger partial charge is 0.504 e. The number of carbonyl (C=O) groups is 1. The minimum atomic E-state index is -0.379. The number of carbonyl (C=O) groups excluding carboxylic acids is 1. The number of H-pyrrole nitrogens is 1. The molecule has 2 aromatic heterocycles. The van der Waals surface area contributed by atoms with Crippen LogP contribution in [0.15, 0.2) is 12.1 Å². The molecular weight excluding hydrogens is 256 g/mol. The zero-order valence-corrected chi connectivity index (χ0v) is 12.0. The summed E-state index contributed by atoms with van der Waals surface area (Å²) in [5.41, 5.74) is 3.26. The first-order chi connectivity index (χ1) is 9.40. The minimum absolute atomic E-state index is 0.0446. The fourth-order valence-electron chi connectivity index (χ4n) is 2.19. The lowest BCUT2D eigenvalue weighted by atomic mass is 9.98. The van der Waals surface area contributed by atoms with Gasteiger partial charge in [0.15, 0.2) is 11.6 Å². The number of aromatic amines is 1. The second kappa shape index (κ2) is 5.32. The Morgan fingerprint density at radius 2 is 2.05 bits per heavy atom. The summed E-state index contributed by atoms with van der Waals surface area (Å²) < 4.78 is 0. The van der Waals surface area contributed by atoms with Crippen molar-refractivity contribution in [3.8, 4) is 5.75 Å². The first kappa shape index (κ1) is 14.0. The van der Waals surface area contributed by atoms with E-state index in [1.165, 1.54) is 6.07 Å². The molecule has 0 unspecified atom stereocenters. The molecular formula is C14H18N4O2. The number of nitrogens with one attached hydrogen (secondary N) is 2. The van der Waals surface area contributed by atoms with Gasteiger partial charge in [0, 0.05) is 17.0 Å². The van der Waals surface area contributed by atoms with E-state index in [1.54, 1.807) is 19.9 Å². The quantitative estimate of drug-likeness (QED) is 0.800. The first-order valence-electron chi connectivity index (χ1n) is 6.39. The SMILES string of the molecule is Cc1ccc(O)c(NC(=O)[C@@H](C)c2c(C)n[nH]c2C)n1. The van der Waals surface area contributed by atoms with Crippen LogP contribution in [0.5, 0.6) is 5.75 Å². The predicted molar refractivity (Wildman–Crippen MR) is 75.7 cm³/mol. The molecule has 6 nitrogen and oxygen atoms in total. The normalized spacial score (nSPS) is 12.2. The average molecular weight is 274 g/mol. The average Bonchev–Trinajstić information content (AvgIpc) is 2.72. The van der Waals surface area contributed by atoms with Crippen molar-refractivity contribution in [3.63, 3.8) is 0 Å². The van der Waals surface area contributed by atoms with E-state index in [2.05, 4.69) is 20.5 Å². The maximum absolute atomic E-state index is 12.3. The Morgan fingerprint density at radius 1 is 1.35 bits per heavy atom. The molecule has 0 spiro atoms. The van der Waals surface area contributed by atoms with Gasteiger partial charge in [-0.15, -0.1) is 0 Å². The summed E-state index contributed by atoms with van der Waals surface area (Å²) in [6, 6.07) is 3.19. The third-order valence-corrected chi connectivity index (χ3v) is 3.27. The van der Waals surface area contributed by atoms with Gasteiger partial charge in [0.05, 0.1) is 11.6 Å². The summed E-state index contributed by atoms with van der Waals surface area (Å²) >= 11 is 0. The van der Waals surface area contributed by atoms with Crippen LogP contribution in [-0.4, -0.2) is 26.2 Å². The van der Waals surface area contributed by atoms with Gasteiger partial charge in [-0.3, -0.25) is 9.89 Å². The fourth-order valence-corrected chi connectivity index (χ4v) is 2.19. The molecule has 0 saturated carbocycles. The number of aromatic hydroxyl groups is 1. The third kappa shape index (κ3) is 2.64. The van der Waals surface area contributed by atoms with Gasteiger partial charge >= 0.3 is 0 Å². The lowest BCUT2D eigenvalue weighted by molar-refractivity contribution is -0.117. The summed E-state index contributed by atoms with van der Waals surface area (Å²) in [6.07, 6.45) is 0. The van der Waals surface area contributed by atoms with Gasteiger partial charge in [0.1, 0.15) is 0 Å². The van der Waals surface area contributed by atoms with E-state index in [0.29, 0.717) is 0 Å². The Morgan fingerprint density at radius 3 is 2.65 bits per heavy atom. The zero-order chi connectivity index (χ0) is 14.9. The molecule has 106 valence electrons. The van der Waals surface area contributed by atoms with Crippen LogP contribution >= 0.6 is 0 Å². The molecule has 0 saturated heterocycles. The maximum atomic E-state index is 12.3. The van der Waals surface area contributed by atoms with E-state index in [1.807, 2.05) is 13.8 Å². The molecule has 0 aliphatic carbocycles. The van der Waals surface area contributed by atoms with Crippen LogP contribution < -0.4 is 5.32 Å². The summed E-state index contributed by atoms with van der Waals surface area (Å²) in [5, 5.41) is 19.3. The summed E-state index contributed by atoms with van der Waals surface area (Å²) in [6.45, 7) is 7.32. The van der Waals surface area contributed by atoms with Crippen LogP contribution in [-0.2, 0) is 4.79 Å². The van der Waals surface area contributed by atoms with Crippen LogP contribution in [0.1, 0.15) is 35.5 Å². The van der Waals surface area contributed by atoms with E-state index < -0.39 is 0 Å². The molecule has 0 bridgehead atoms. The van der Waals surface area contributed by atoms with Crippen molar-refractivity contribution in [3.05, 3.63) is 34.8 Å².